The second-order valence-electron chi connectivity index (χ2n) is 3.11. The van der Waals surface area contributed by atoms with Crippen molar-refractivity contribution in [2.75, 3.05) is 13.1 Å². The van der Waals surface area contributed by atoms with Gasteiger partial charge in [-0.05, 0) is 27.6 Å². The summed E-state index contributed by atoms with van der Waals surface area (Å²) in [7, 11) is 0. The number of piperazine rings is 1. The van der Waals surface area contributed by atoms with Gasteiger partial charge in [0, 0.05) is 30.0 Å². The highest BCUT2D eigenvalue weighted by atomic mass is 79.9. The molecule has 4 nitrogen and oxygen atoms in total. The molecule has 0 saturated carbocycles. The first-order valence-corrected chi connectivity index (χ1v) is 5.18. The molecule has 1 unspecified atom stereocenters. The fourth-order valence-electron chi connectivity index (χ4n) is 1.45. The number of amides is 1. The lowest BCUT2D eigenvalue weighted by atomic mass is 10.1. The molecule has 5 heteroatoms. The van der Waals surface area contributed by atoms with Gasteiger partial charge in [0.1, 0.15) is 6.04 Å². The summed E-state index contributed by atoms with van der Waals surface area (Å²) in [6.07, 6.45) is 3.40. The van der Waals surface area contributed by atoms with Gasteiger partial charge >= 0.3 is 0 Å². The summed E-state index contributed by atoms with van der Waals surface area (Å²) in [5.41, 5.74) is 0.886. The van der Waals surface area contributed by atoms with Crippen LogP contribution in [0.3, 0.4) is 0 Å². The second-order valence-corrected chi connectivity index (χ2v) is 4.03. The molecule has 0 bridgehead atoms. The highest BCUT2D eigenvalue weighted by molar-refractivity contribution is 9.10. The number of hydrogen-bond donors (Lipinski definition) is 2. The summed E-state index contributed by atoms with van der Waals surface area (Å²) >= 11 is 3.33. The molecule has 1 fully saturated rings. The Morgan fingerprint density at radius 1 is 1.43 bits per heavy atom. The molecule has 2 rings (SSSR count). The van der Waals surface area contributed by atoms with Gasteiger partial charge < -0.3 is 10.6 Å². The maximum absolute atomic E-state index is 11.5. The molecule has 1 aromatic heterocycles. The van der Waals surface area contributed by atoms with Crippen molar-refractivity contribution >= 4 is 21.8 Å². The van der Waals surface area contributed by atoms with Crippen molar-refractivity contribution in [2.45, 2.75) is 6.04 Å². The van der Waals surface area contributed by atoms with Crippen molar-refractivity contribution in [3.63, 3.8) is 0 Å². The number of carbonyl (C=O) groups is 1. The molecule has 2 N–H and O–H groups in total. The minimum absolute atomic E-state index is 0.0103. The summed E-state index contributed by atoms with van der Waals surface area (Å²) in [6.45, 7) is 1.49. The van der Waals surface area contributed by atoms with Gasteiger partial charge in [0.2, 0.25) is 5.91 Å². The van der Waals surface area contributed by atoms with Gasteiger partial charge in [-0.3, -0.25) is 9.78 Å². The number of rotatable bonds is 1. The van der Waals surface area contributed by atoms with E-state index in [1.807, 2.05) is 6.07 Å². The summed E-state index contributed by atoms with van der Waals surface area (Å²) in [4.78, 5) is 15.5. The zero-order valence-corrected chi connectivity index (χ0v) is 9.04. The van der Waals surface area contributed by atoms with Crippen LogP contribution in [-0.2, 0) is 4.79 Å². The van der Waals surface area contributed by atoms with E-state index in [4.69, 9.17) is 0 Å². The van der Waals surface area contributed by atoms with Crippen LogP contribution in [0.5, 0.6) is 0 Å². The summed E-state index contributed by atoms with van der Waals surface area (Å²) in [5, 5.41) is 5.95. The van der Waals surface area contributed by atoms with E-state index in [9.17, 15) is 4.79 Å². The van der Waals surface area contributed by atoms with Gasteiger partial charge in [0.05, 0.1) is 0 Å². The Labute approximate surface area is 90.2 Å². The first-order valence-electron chi connectivity index (χ1n) is 4.39. The third-order valence-electron chi connectivity index (χ3n) is 2.09. The van der Waals surface area contributed by atoms with E-state index >= 15 is 0 Å². The molecule has 0 aromatic carbocycles. The van der Waals surface area contributed by atoms with Crippen LogP contribution in [0.1, 0.15) is 11.6 Å². The molecule has 0 aliphatic carbocycles. The molecule has 1 aliphatic rings. The van der Waals surface area contributed by atoms with E-state index in [1.165, 1.54) is 0 Å². The third-order valence-corrected chi connectivity index (χ3v) is 2.53. The largest absolute Gasteiger partial charge is 0.353 e. The molecular weight excluding hydrogens is 246 g/mol. The van der Waals surface area contributed by atoms with Gasteiger partial charge in [-0.15, -0.1) is 0 Å². The highest BCUT2D eigenvalue weighted by Gasteiger charge is 2.23. The zero-order chi connectivity index (χ0) is 9.97. The minimum atomic E-state index is -0.270. The first-order chi connectivity index (χ1) is 6.77. The van der Waals surface area contributed by atoms with Crippen molar-refractivity contribution in [2.24, 2.45) is 0 Å². The normalized spacial score (nSPS) is 21.8. The molecule has 74 valence electrons. The Morgan fingerprint density at radius 2 is 2.29 bits per heavy atom. The number of nitrogens with zero attached hydrogens (tertiary/aromatic N) is 1. The van der Waals surface area contributed by atoms with Gasteiger partial charge in [-0.2, -0.15) is 0 Å². The number of nitrogens with one attached hydrogen (secondary N) is 2. The van der Waals surface area contributed by atoms with Crippen LogP contribution in [0.4, 0.5) is 0 Å². The molecule has 1 amide bonds. The smallest absolute Gasteiger partial charge is 0.241 e. The number of pyridine rings is 1. The predicted octanol–water partition coefficient (Wildman–Crippen LogP) is 0.605. The fraction of sp³-hybridized carbons (Fsp3) is 0.333. The number of hydrogen-bond acceptors (Lipinski definition) is 3. The van der Waals surface area contributed by atoms with Crippen molar-refractivity contribution < 1.29 is 4.79 Å². The molecule has 1 atom stereocenters. The van der Waals surface area contributed by atoms with Crippen LogP contribution in [-0.4, -0.2) is 24.0 Å². The molecule has 0 radical (unpaired) electrons. The Balaban J connectivity index is 2.24. The topological polar surface area (TPSA) is 54.0 Å². The number of aromatic nitrogens is 1. The van der Waals surface area contributed by atoms with Crippen LogP contribution in [0.2, 0.25) is 0 Å². The summed E-state index contributed by atoms with van der Waals surface area (Å²) in [5.74, 6) is 0.0103. The average molecular weight is 256 g/mol. The molecule has 14 heavy (non-hydrogen) atoms. The number of carbonyl (C=O) groups excluding carboxylic acids is 1. The Morgan fingerprint density at radius 3 is 3.00 bits per heavy atom. The second kappa shape index (κ2) is 4.06. The van der Waals surface area contributed by atoms with Gasteiger partial charge in [-0.1, -0.05) is 0 Å². The van der Waals surface area contributed by atoms with E-state index in [2.05, 4.69) is 31.5 Å². The summed E-state index contributed by atoms with van der Waals surface area (Å²) in [6, 6.07) is 1.63. The monoisotopic (exact) mass is 255 g/mol. The maximum atomic E-state index is 11.5. The first kappa shape index (κ1) is 9.61. The zero-order valence-electron chi connectivity index (χ0n) is 7.46. The van der Waals surface area contributed by atoms with E-state index in [-0.39, 0.29) is 11.9 Å². The van der Waals surface area contributed by atoms with Crippen LogP contribution in [0.15, 0.2) is 22.9 Å². The van der Waals surface area contributed by atoms with Gasteiger partial charge in [0.25, 0.3) is 0 Å². The van der Waals surface area contributed by atoms with Crippen molar-refractivity contribution in [3.8, 4) is 0 Å². The van der Waals surface area contributed by atoms with Crippen molar-refractivity contribution in [1.82, 2.24) is 15.6 Å². The van der Waals surface area contributed by atoms with Gasteiger partial charge in [-0.25, -0.2) is 0 Å². The van der Waals surface area contributed by atoms with E-state index in [1.54, 1.807) is 12.4 Å². The lowest BCUT2D eigenvalue weighted by molar-refractivity contribution is -0.124. The maximum Gasteiger partial charge on any atom is 0.241 e. The number of halogens is 1. The van der Waals surface area contributed by atoms with Gasteiger partial charge in [0.15, 0.2) is 0 Å². The minimum Gasteiger partial charge on any atom is -0.353 e. The van der Waals surface area contributed by atoms with Crippen molar-refractivity contribution in [3.05, 3.63) is 28.5 Å². The molecule has 1 aliphatic heterocycles. The van der Waals surface area contributed by atoms with Crippen LogP contribution >= 0.6 is 15.9 Å². The van der Waals surface area contributed by atoms with E-state index in [0.717, 1.165) is 16.6 Å². The van der Waals surface area contributed by atoms with Crippen LogP contribution in [0.25, 0.3) is 0 Å². The fourth-order valence-corrected chi connectivity index (χ4v) is 1.83. The standard InChI is InChI=1S/C9H10BrN3O/c10-7-3-6(4-11-5-7)8-9(14)13-2-1-12-8/h3-5,8,12H,1-2H2,(H,13,14). The Hall–Kier alpha value is -0.940. The van der Waals surface area contributed by atoms with Crippen LogP contribution in [0, 0.1) is 0 Å². The summed E-state index contributed by atoms with van der Waals surface area (Å²) < 4.78 is 0.884. The van der Waals surface area contributed by atoms with Crippen LogP contribution < -0.4 is 10.6 Å². The molecule has 1 aromatic rings. The highest BCUT2D eigenvalue weighted by Crippen LogP contribution is 2.17. The molecule has 1 saturated heterocycles. The molecule has 2 heterocycles. The quantitative estimate of drug-likeness (QED) is 0.773. The van der Waals surface area contributed by atoms with Crippen molar-refractivity contribution in [1.29, 1.82) is 0 Å². The predicted molar refractivity (Wildman–Crippen MR) is 55.7 cm³/mol. The Bertz CT molecular complexity index is 356. The lowest BCUT2D eigenvalue weighted by Crippen LogP contribution is -2.47. The van der Waals surface area contributed by atoms with E-state index < -0.39 is 0 Å². The lowest BCUT2D eigenvalue weighted by Gasteiger charge is -2.23. The molecule has 0 spiro atoms. The molecular formula is C9H10BrN3O. The third kappa shape index (κ3) is 1.93. The SMILES string of the molecule is O=C1NCCNC1c1cncc(Br)c1. The van der Waals surface area contributed by atoms with E-state index in [0.29, 0.717) is 6.54 Å². The average Bonchev–Trinajstić information content (AvgIpc) is 2.18. The Kier molecular flexibility index (Phi) is 2.79.